The number of aromatic nitrogens is 1. The predicted molar refractivity (Wildman–Crippen MR) is 98.3 cm³/mol. The minimum absolute atomic E-state index is 0.00591. The molecule has 0 bridgehead atoms. The van der Waals surface area contributed by atoms with Crippen molar-refractivity contribution in [2.24, 2.45) is 5.92 Å². The molecule has 6 nitrogen and oxygen atoms in total. The van der Waals surface area contributed by atoms with Gasteiger partial charge in [-0.15, -0.1) is 0 Å². The number of anilines is 1. The third-order valence-corrected chi connectivity index (χ3v) is 4.81. The van der Waals surface area contributed by atoms with Crippen molar-refractivity contribution < 1.29 is 14.3 Å². The first-order valence-corrected chi connectivity index (χ1v) is 9.10. The van der Waals surface area contributed by atoms with E-state index in [0.29, 0.717) is 19.0 Å². The first kappa shape index (κ1) is 16.8. The van der Waals surface area contributed by atoms with Gasteiger partial charge in [0.15, 0.2) is 11.5 Å². The maximum atomic E-state index is 12.7. The average Bonchev–Trinajstić information content (AvgIpc) is 2.69. The molecule has 2 aliphatic heterocycles. The third-order valence-electron chi connectivity index (χ3n) is 4.81. The van der Waals surface area contributed by atoms with Crippen LogP contribution in [-0.4, -0.2) is 42.1 Å². The normalized spacial score (nSPS) is 19.8. The van der Waals surface area contributed by atoms with Crippen LogP contribution in [0.3, 0.4) is 0 Å². The fourth-order valence-electron chi connectivity index (χ4n) is 3.53. The van der Waals surface area contributed by atoms with E-state index in [9.17, 15) is 4.79 Å². The van der Waals surface area contributed by atoms with Gasteiger partial charge < -0.3 is 14.8 Å². The number of hydrogen-bond acceptors (Lipinski definition) is 5. The Labute approximate surface area is 153 Å². The van der Waals surface area contributed by atoms with Crippen LogP contribution in [0.25, 0.3) is 0 Å². The largest absolute Gasteiger partial charge is 0.486 e. The number of nitrogens with zero attached hydrogens (tertiary/aromatic N) is 2. The molecule has 1 aromatic heterocycles. The summed E-state index contributed by atoms with van der Waals surface area (Å²) in [6, 6.07) is 9.57. The van der Waals surface area contributed by atoms with Gasteiger partial charge in [0.25, 0.3) is 0 Å². The Morgan fingerprint density at radius 2 is 2.12 bits per heavy atom. The standard InChI is InChI=1S/C20H23N3O3/c24-20(22-17-5-6-18-19(11-17)26-10-9-25-18)16-4-2-8-23(14-16)13-15-3-1-7-21-12-15/h1,3,5-7,11-12,16H,2,4,8-10,13-14H2,(H,22,24)/t16-/m1/s1. The van der Waals surface area contributed by atoms with E-state index >= 15 is 0 Å². The number of likely N-dealkylation sites (tertiary alicyclic amines) is 1. The van der Waals surface area contributed by atoms with Crippen molar-refractivity contribution in [1.29, 1.82) is 0 Å². The Kier molecular flexibility index (Phi) is 5.02. The number of piperidine rings is 1. The van der Waals surface area contributed by atoms with E-state index in [2.05, 4.69) is 21.3 Å². The summed E-state index contributed by atoms with van der Waals surface area (Å²) in [7, 11) is 0. The summed E-state index contributed by atoms with van der Waals surface area (Å²) in [5.41, 5.74) is 1.93. The second kappa shape index (κ2) is 7.74. The lowest BCUT2D eigenvalue weighted by atomic mass is 9.96. The monoisotopic (exact) mass is 353 g/mol. The predicted octanol–water partition coefficient (Wildman–Crippen LogP) is 2.70. The number of hydrogen-bond donors (Lipinski definition) is 1. The summed E-state index contributed by atoms with van der Waals surface area (Å²) < 4.78 is 11.1. The van der Waals surface area contributed by atoms with Crippen LogP contribution in [0.4, 0.5) is 5.69 Å². The van der Waals surface area contributed by atoms with Crippen molar-refractivity contribution in [2.45, 2.75) is 19.4 Å². The molecule has 0 radical (unpaired) electrons. The molecule has 1 amide bonds. The molecular formula is C20H23N3O3. The number of ether oxygens (including phenoxy) is 2. The Morgan fingerprint density at radius 1 is 1.23 bits per heavy atom. The summed E-state index contributed by atoms with van der Waals surface area (Å²) in [6.07, 6.45) is 5.61. The van der Waals surface area contributed by atoms with Crippen LogP contribution in [0, 0.1) is 5.92 Å². The molecule has 0 saturated carbocycles. The minimum atomic E-state index is -0.00591. The second-order valence-corrected chi connectivity index (χ2v) is 6.78. The van der Waals surface area contributed by atoms with Gasteiger partial charge in [0.05, 0.1) is 5.92 Å². The molecule has 2 aromatic rings. The zero-order valence-corrected chi connectivity index (χ0v) is 14.7. The number of rotatable bonds is 4. The molecule has 1 saturated heterocycles. The lowest BCUT2D eigenvalue weighted by molar-refractivity contribution is -0.121. The Morgan fingerprint density at radius 3 is 2.96 bits per heavy atom. The zero-order valence-electron chi connectivity index (χ0n) is 14.7. The number of benzene rings is 1. The summed E-state index contributed by atoms with van der Waals surface area (Å²) in [4.78, 5) is 19.2. The maximum absolute atomic E-state index is 12.7. The van der Waals surface area contributed by atoms with Crippen LogP contribution in [0.2, 0.25) is 0 Å². The van der Waals surface area contributed by atoms with Gasteiger partial charge in [-0.3, -0.25) is 14.7 Å². The molecule has 136 valence electrons. The van der Waals surface area contributed by atoms with E-state index in [1.54, 1.807) is 6.20 Å². The Hall–Kier alpha value is -2.60. The molecular weight excluding hydrogens is 330 g/mol. The van der Waals surface area contributed by atoms with Crippen molar-refractivity contribution in [3.8, 4) is 11.5 Å². The SMILES string of the molecule is O=C(Nc1ccc2c(c1)OCCO2)[C@@H]1CCCN(Cc2cccnc2)C1. The van der Waals surface area contributed by atoms with Crippen LogP contribution in [0.15, 0.2) is 42.7 Å². The molecule has 26 heavy (non-hydrogen) atoms. The Bertz CT molecular complexity index is 766. The highest BCUT2D eigenvalue weighted by atomic mass is 16.6. The fraction of sp³-hybridized carbons (Fsp3) is 0.400. The van der Waals surface area contributed by atoms with Gasteiger partial charge in [-0.05, 0) is 43.1 Å². The number of pyridine rings is 1. The van der Waals surface area contributed by atoms with E-state index < -0.39 is 0 Å². The van der Waals surface area contributed by atoms with Crippen molar-refractivity contribution in [2.75, 3.05) is 31.6 Å². The number of fused-ring (bicyclic) bond motifs is 1. The van der Waals surface area contributed by atoms with Gasteiger partial charge in [0, 0.05) is 37.2 Å². The van der Waals surface area contributed by atoms with E-state index in [4.69, 9.17) is 9.47 Å². The first-order valence-electron chi connectivity index (χ1n) is 9.10. The third kappa shape index (κ3) is 3.96. The molecule has 2 aliphatic rings. The smallest absolute Gasteiger partial charge is 0.228 e. The molecule has 0 aliphatic carbocycles. The van der Waals surface area contributed by atoms with E-state index in [1.807, 2.05) is 30.5 Å². The summed E-state index contributed by atoms with van der Waals surface area (Å²) in [5, 5.41) is 3.03. The molecule has 1 N–H and O–H groups in total. The lowest BCUT2D eigenvalue weighted by Gasteiger charge is -2.32. The molecule has 1 aromatic carbocycles. The average molecular weight is 353 g/mol. The molecule has 1 fully saturated rings. The van der Waals surface area contributed by atoms with Gasteiger partial charge >= 0.3 is 0 Å². The highest BCUT2D eigenvalue weighted by Crippen LogP contribution is 2.33. The van der Waals surface area contributed by atoms with Gasteiger partial charge in [-0.2, -0.15) is 0 Å². The molecule has 1 atom stereocenters. The molecule has 4 rings (SSSR count). The topological polar surface area (TPSA) is 63.7 Å². The van der Waals surface area contributed by atoms with Gasteiger partial charge in [0.1, 0.15) is 13.2 Å². The first-order chi connectivity index (χ1) is 12.8. The second-order valence-electron chi connectivity index (χ2n) is 6.78. The van der Waals surface area contributed by atoms with Gasteiger partial charge in [-0.25, -0.2) is 0 Å². The molecule has 0 spiro atoms. The summed E-state index contributed by atoms with van der Waals surface area (Å²) >= 11 is 0. The van der Waals surface area contributed by atoms with Crippen molar-refractivity contribution in [3.63, 3.8) is 0 Å². The highest BCUT2D eigenvalue weighted by molar-refractivity contribution is 5.93. The van der Waals surface area contributed by atoms with Crippen LogP contribution in [0.1, 0.15) is 18.4 Å². The van der Waals surface area contributed by atoms with Crippen molar-refractivity contribution >= 4 is 11.6 Å². The van der Waals surface area contributed by atoms with Gasteiger partial charge in [0.2, 0.25) is 5.91 Å². The number of nitrogens with one attached hydrogen (secondary N) is 1. The van der Waals surface area contributed by atoms with E-state index in [1.165, 1.54) is 5.56 Å². The lowest BCUT2D eigenvalue weighted by Crippen LogP contribution is -2.40. The molecule has 0 unspecified atom stereocenters. The molecule has 3 heterocycles. The van der Waals surface area contributed by atoms with E-state index in [-0.39, 0.29) is 11.8 Å². The fourth-order valence-corrected chi connectivity index (χ4v) is 3.53. The van der Waals surface area contributed by atoms with Crippen LogP contribution < -0.4 is 14.8 Å². The minimum Gasteiger partial charge on any atom is -0.486 e. The highest BCUT2D eigenvalue weighted by Gasteiger charge is 2.26. The quantitative estimate of drug-likeness (QED) is 0.916. The van der Waals surface area contributed by atoms with Crippen LogP contribution in [0.5, 0.6) is 11.5 Å². The van der Waals surface area contributed by atoms with Crippen LogP contribution >= 0.6 is 0 Å². The number of carbonyl (C=O) groups is 1. The number of amides is 1. The van der Waals surface area contributed by atoms with Gasteiger partial charge in [-0.1, -0.05) is 6.07 Å². The van der Waals surface area contributed by atoms with Crippen LogP contribution in [-0.2, 0) is 11.3 Å². The van der Waals surface area contributed by atoms with Crippen molar-refractivity contribution in [3.05, 3.63) is 48.3 Å². The van der Waals surface area contributed by atoms with Crippen molar-refractivity contribution in [1.82, 2.24) is 9.88 Å². The molecule has 6 heteroatoms. The summed E-state index contributed by atoms with van der Waals surface area (Å²) in [5.74, 6) is 1.48. The maximum Gasteiger partial charge on any atom is 0.228 e. The summed E-state index contributed by atoms with van der Waals surface area (Å²) in [6.45, 7) is 3.72. The van der Waals surface area contributed by atoms with E-state index in [0.717, 1.165) is 43.9 Å². The Balaban J connectivity index is 1.37. The zero-order chi connectivity index (χ0) is 17.8. The number of carbonyl (C=O) groups excluding carboxylic acids is 1.